The molecule has 1 aromatic carbocycles. The number of nitrogens with two attached hydrogens (primary N) is 1. The Morgan fingerprint density at radius 2 is 2.22 bits per heavy atom. The van der Waals surface area contributed by atoms with E-state index in [9.17, 15) is 9.18 Å². The molecule has 0 bridgehead atoms. The quantitative estimate of drug-likeness (QED) is 0.852. The lowest BCUT2D eigenvalue weighted by Crippen LogP contribution is -2.40. The molecule has 0 spiro atoms. The molecular formula is C13H16ClFN2O. The van der Waals surface area contributed by atoms with Gasteiger partial charge in [0.2, 0.25) is 5.91 Å². The van der Waals surface area contributed by atoms with Crippen molar-refractivity contribution < 1.29 is 9.18 Å². The van der Waals surface area contributed by atoms with Gasteiger partial charge in [-0.1, -0.05) is 23.7 Å². The van der Waals surface area contributed by atoms with E-state index in [1.54, 1.807) is 19.2 Å². The van der Waals surface area contributed by atoms with Gasteiger partial charge >= 0.3 is 0 Å². The van der Waals surface area contributed by atoms with Crippen molar-refractivity contribution in [2.45, 2.75) is 31.3 Å². The van der Waals surface area contributed by atoms with Crippen LogP contribution in [0, 0.1) is 5.82 Å². The standard InChI is InChI=1S/C13H16ClFN2O/c1-17-11(18)7-3-6-10(16)13(17)8-4-2-5-9(14)12(8)15/h2,4-5,10,13H,3,6-7,16H2,1H3. The van der Waals surface area contributed by atoms with Gasteiger partial charge in [0.05, 0.1) is 11.1 Å². The normalized spacial score (nSPS) is 25.1. The second-order valence-electron chi connectivity index (χ2n) is 4.65. The van der Waals surface area contributed by atoms with Crippen molar-refractivity contribution in [3.63, 3.8) is 0 Å². The van der Waals surface area contributed by atoms with Gasteiger partial charge in [-0.05, 0) is 18.9 Å². The van der Waals surface area contributed by atoms with Crippen LogP contribution < -0.4 is 5.73 Å². The first-order valence-corrected chi connectivity index (χ1v) is 6.35. The van der Waals surface area contributed by atoms with Gasteiger partial charge in [-0.3, -0.25) is 4.79 Å². The second kappa shape index (κ2) is 5.24. The second-order valence-corrected chi connectivity index (χ2v) is 5.06. The van der Waals surface area contributed by atoms with Gasteiger partial charge in [0.25, 0.3) is 0 Å². The van der Waals surface area contributed by atoms with Crippen molar-refractivity contribution in [3.8, 4) is 0 Å². The molecule has 0 saturated carbocycles. The Labute approximate surface area is 111 Å². The van der Waals surface area contributed by atoms with Crippen LogP contribution in [0.2, 0.25) is 5.02 Å². The maximum atomic E-state index is 14.1. The third-order valence-corrected chi connectivity index (χ3v) is 3.74. The summed E-state index contributed by atoms with van der Waals surface area (Å²) in [6, 6.07) is 4.09. The highest BCUT2D eigenvalue weighted by atomic mass is 35.5. The minimum absolute atomic E-state index is 0.00711. The molecule has 1 aliphatic rings. The van der Waals surface area contributed by atoms with E-state index in [-0.39, 0.29) is 17.0 Å². The third kappa shape index (κ3) is 2.35. The van der Waals surface area contributed by atoms with Crippen LogP contribution in [0.25, 0.3) is 0 Å². The number of carbonyl (C=O) groups is 1. The van der Waals surface area contributed by atoms with E-state index in [1.807, 2.05) is 0 Å². The van der Waals surface area contributed by atoms with E-state index in [2.05, 4.69) is 0 Å². The molecule has 1 amide bonds. The van der Waals surface area contributed by atoms with Crippen molar-refractivity contribution in [1.82, 2.24) is 4.90 Å². The number of amides is 1. The summed E-state index contributed by atoms with van der Waals surface area (Å²) in [6.45, 7) is 0. The Morgan fingerprint density at radius 3 is 2.94 bits per heavy atom. The fourth-order valence-corrected chi connectivity index (χ4v) is 2.64. The van der Waals surface area contributed by atoms with E-state index < -0.39 is 11.9 Å². The maximum Gasteiger partial charge on any atom is 0.222 e. The molecule has 2 N–H and O–H groups in total. The molecule has 2 atom stereocenters. The Kier molecular flexibility index (Phi) is 3.88. The predicted molar refractivity (Wildman–Crippen MR) is 68.7 cm³/mol. The summed E-state index contributed by atoms with van der Waals surface area (Å²) < 4.78 is 14.1. The van der Waals surface area contributed by atoms with Crippen LogP contribution in [0.4, 0.5) is 4.39 Å². The Balaban J connectivity index is 2.45. The van der Waals surface area contributed by atoms with E-state index in [0.717, 1.165) is 6.42 Å². The van der Waals surface area contributed by atoms with Crippen molar-refractivity contribution in [2.24, 2.45) is 5.73 Å². The van der Waals surface area contributed by atoms with Gasteiger partial charge in [0, 0.05) is 25.1 Å². The molecule has 0 aromatic heterocycles. The van der Waals surface area contributed by atoms with Crippen LogP contribution in [0.1, 0.15) is 30.9 Å². The van der Waals surface area contributed by atoms with Gasteiger partial charge in [-0.15, -0.1) is 0 Å². The fourth-order valence-electron chi connectivity index (χ4n) is 2.45. The molecule has 98 valence electrons. The average Bonchev–Trinajstić information content (AvgIpc) is 2.45. The number of nitrogens with zero attached hydrogens (tertiary/aromatic N) is 1. The van der Waals surface area contributed by atoms with E-state index >= 15 is 0 Å². The number of likely N-dealkylation sites (N-methyl/N-ethyl adjacent to an activating group) is 1. The lowest BCUT2D eigenvalue weighted by molar-refractivity contribution is -0.131. The number of hydrogen-bond donors (Lipinski definition) is 1. The first-order valence-electron chi connectivity index (χ1n) is 5.97. The lowest BCUT2D eigenvalue weighted by atomic mass is 9.96. The van der Waals surface area contributed by atoms with E-state index in [0.29, 0.717) is 18.4 Å². The summed E-state index contributed by atoms with van der Waals surface area (Å²) >= 11 is 5.79. The molecule has 5 heteroatoms. The SMILES string of the molecule is CN1C(=O)CCCC(N)C1c1cccc(Cl)c1F. The molecule has 2 rings (SSSR count). The summed E-state index contributed by atoms with van der Waals surface area (Å²) in [7, 11) is 1.67. The summed E-state index contributed by atoms with van der Waals surface area (Å²) in [6.07, 6.45) is 1.90. The Hall–Kier alpha value is -1.13. The zero-order chi connectivity index (χ0) is 13.3. The molecular weight excluding hydrogens is 255 g/mol. The molecule has 1 saturated heterocycles. The third-order valence-electron chi connectivity index (χ3n) is 3.44. The molecule has 0 aliphatic carbocycles. The molecule has 1 aromatic rings. The molecule has 2 unspecified atom stereocenters. The van der Waals surface area contributed by atoms with Gasteiger partial charge in [0.1, 0.15) is 5.82 Å². The van der Waals surface area contributed by atoms with Gasteiger partial charge in [0.15, 0.2) is 0 Å². The van der Waals surface area contributed by atoms with Gasteiger partial charge < -0.3 is 10.6 Å². The van der Waals surface area contributed by atoms with Gasteiger partial charge in [-0.2, -0.15) is 0 Å². The zero-order valence-electron chi connectivity index (χ0n) is 10.2. The van der Waals surface area contributed by atoms with E-state index in [1.165, 1.54) is 11.0 Å². The Bertz CT molecular complexity index is 466. The van der Waals surface area contributed by atoms with Crippen LogP contribution in [-0.4, -0.2) is 23.9 Å². The number of hydrogen-bond acceptors (Lipinski definition) is 2. The smallest absolute Gasteiger partial charge is 0.222 e. The zero-order valence-corrected chi connectivity index (χ0v) is 11.0. The molecule has 1 aliphatic heterocycles. The molecule has 1 fully saturated rings. The van der Waals surface area contributed by atoms with Crippen molar-refractivity contribution >= 4 is 17.5 Å². The number of halogens is 2. The molecule has 0 radical (unpaired) electrons. The average molecular weight is 271 g/mol. The first kappa shape index (κ1) is 13.3. The molecule has 3 nitrogen and oxygen atoms in total. The molecule has 1 heterocycles. The van der Waals surface area contributed by atoms with Crippen molar-refractivity contribution in [2.75, 3.05) is 7.05 Å². The minimum Gasteiger partial charge on any atom is -0.337 e. The van der Waals surface area contributed by atoms with Crippen LogP contribution in [-0.2, 0) is 4.79 Å². The monoisotopic (exact) mass is 270 g/mol. The number of carbonyl (C=O) groups excluding carboxylic acids is 1. The number of likely N-dealkylation sites (tertiary alicyclic amines) is 1. The number of benzene rings is 1. The first-order chi connectivity index (χ1) is 8.52. The van der Waals surface area contributed by atoms with Crippen molar-refractivity contribution in [3.05, 3.63) is 34.6 Å². The minimum atomic E-state index is -0.485. The Morgan fingerprint density at radius 1 is 1.50 bits per heavy atom. The van der Waals surface area contributed by atoms with Crippen LogP contribution >= 0.6 is 11.6 Å². The fraction of sp³-hybridized carbons (Fsp3) is 0.462. The van der Waals surface area contributed by atoms with Crippen LogP contribution in [0.5, 0.6) is 0 Å². The highest BCUT2D eigenvalue weighted by Crippen LogP contribution is 2.32. The van der Waals surface area contributed by atoms with Crippen LogP contribution in [0.3, 0.4) is 0 Å². The summed E-state index contributed by atoms with van der Waals surface area (Å²) in [5.41, 5.74) is 6.48. The predicted octanol–water partition coefficient (Wildman–Crippen LogP) is 2.49. The van der Waals surface area contributed by atoms with Gasteiger partial charge in [-0.25, -0.2) is 4.39 Å². The topological polar surface area (TPSA) is 46.3 Å². The summed E-state index contributed by atoms with van der Waals surface area (Å²) in [5.74, 6) is -0.492. The number of rotatable bonds is 1. The summed E-state index contributed by atoms with van der Waals surface area (Å²) in [4.78, 5) is 13.4. The largest absolute Gasteiger partial charge is 0.337 e. The summed E-state index contributed by atoms with van der Waals surface area (Å²) in [5, 5.41) is 0.0600. The highest BCUT2D eigenvalue weighted by Gasteiger charge is 2.32. The van der Waals surface area contributed by atoms with Crippen molar-refractivity contribution in [1.29, 1.82) is 0 Å². The lowest BCUT2D eigenvalue weighted by Gasteiger charge is -2.31. The maximum absolute atomic E-state index is 14.1. The highest BCUT2D eigenvalue weighted by molar-refractivity contribution is 6.30. The molecule has 18 heavy (non-hydrogen) atoms. The van der Waals surface area contributed by atoms with E-state index in [4.69, 9.17) is 17.3 Å². The van der Waals surface area contributed by atoms with Crippen LogP contribution in [0.15, 0.2) is 18.2 Å².